The van der Waals surface area contributed by atoms with E-state index in [0.717, 1.165) is 19.4 Å². The number of benzene rings is 1. The molecular weight excluding hydrogens is 295 g/mol. The number of amides is 2. The molecule has 0 unspecified atom stereocenters. The third-order valence-corrected chi connectivity index (χ3v) is 4.63. The molecule has 0 radical (unpaired) electrons. The van der Waals surface area contributed by atoms with Crippen LogP contribution in [0, 0.1) is 5.82 Å². The number of carbonyl (C=O) groups is 2. The summed E-state index contributed by atoms with van der Waals surface area (Å²) in [5, 5.41) is -0.0840. The van der Waals surface area contributed by atoms with Crippen molar-refractivity contribution in [3.05, 3.63) is 34.6 Å². The molecule has 1 aromatic rings. The second-order valence-corrected chi connectivity index (χ2v) is 5.97. The minimum absolute atomic E-state index is 0.0555. The van der Waals surface area contributed by atoms with Crippen LogP contribution in [0.25, 0.3) is 0 Å². The zero-order valence-corrected chi connectivity index (χ0v) is 12.4. The Morgan fingerprint density at radius 2 is 2.19 bits per heavy atom. The number of rotatable bonds is 1. The van der Waals surface area contributed by atoms with Crippen LogP contribution in [0.4, 0.5) is 4.39 Å². The van der Waals surface area contributed by atoms with Gasteiger partial charge >= 0.3 is 0 Å². The average Bonchev–Trinajstić information content (AvgIpc) is 2.93. The summed E-state index contributed by atoms with van der Waals surface area (Å²) >= 11 is 5.73. The van der Waals surface area contributed by atoms with E-state index in [-0.39, 0.29) is 22.5 Å². The molecule has 0 aromatic heterocycles. The second kappa shape index (κ2) is 5.30. The van der Waals surface area contributed by atoms with Crippen molar-refractivity contribution in [1.82, 2.24) is 9.80 Å². The Morgan fingerprint density at radius 1 is 1.43 bits per heavy atom. The van der Waals surface area contributed by atoms with Crippen LogP contribution in [0.5, 0.6) is 0 Å². The molecule has 0 saturated carbocycles. The van der Waals surface area contributed by atoms with E-state index in [1.54, 1.807) is 6.92 Å². The Kier molecular flexibility index (Phi) is 3.61. The highest BCUT2D eigenvalue weighted by molar-refractivity contribution is 6.31. The molecule has 2 saturated heterocycles. The van der Waals surface area contributed by atoms with Crippen LogP contribution in [0.3, 0.4) is 0 Å². The third-order valence-electron chi connectivity index (χ3n) is 4.34. The molecule has 2 amide bonds. The molecule has 2 heterocycles. The predicted molar refractivity (Wildman–Crippen MR) is 76.6 cm³/mol. The monoisotopic (exact) mass is 310 g/mol. The summed E-state index contributed by atoms with van der Waals surface area (Å²) in [6, 6.07) is 3.83. The first-order valence-electron chi connectivity index (χ1n) is 7.06. The standard InChI is InChI=1S/C15H16ClFN2O2/c1-9-14(20)18-7-3-4-10(18)8-19(9)15(21)11-5-2-6-12(16)13(11)17/h2,5-6,9-10H,3-4,7-8H2,1H3/t9-,10+/m0/s1. The Bertz CT molecular complexity index is 607. The first-order chi connectivity index (χ1) is 10.0. The van der Waals surface area contributed by atoms with Crippen LogP contribution in [0.2, 0.25) is 5.02 Å². The third kappa shape index (κ3) is 2.29. The van der Waals surface area contributed by atoms with Gasteiger partial charge in [0.25, 0.3) is 5.91 Å². The van der Waals surface area contributed by atoms with Crippen molar-refractivity contribution in [2.24, 2.45) is 0 Å². The molecule has 2 atom stereocenters. The number of fused-ring (bicyclic) bond motifs is 1. The van der Waals surface area contributed by atoms with Gasteiger partial charge in [0.05, 0.1) is 10.6 Å². The normalized spacial score (nSPS) is 25.2. The lowest BCUT2D eigenvalue weighted by molar-refractivity contribution is -0.141. The zero-order valence-electron chi connectivity index (χ0n) is 11.7. The molecule has 0 bridgehead atoms. The molecule has 0 aliphatic carbocycles. The zero-order chi connectivity index (χ0) is 15.1. The van der Waals surface area contributed by atoms with E-state index in [2.05, 4.69) is 0 Å². The lowest BCUT2D eigenvalue weighted by Crippen LogP contribution is -2.60. The molecule has 2 fully saturated rings. The summed E-state index contributed by atoms with van der Waals surface area (Å²) in [6.45, 7) is 2.90. The van der Waals surface area contributed by atoms with Gasteiger partial charge in [-0.2, -0.15) is 0 Å². The van der Waals surface area contributed by atoms with E-state index in [4.69, 9.17) is 11.6 Å². The Morgan fingerprint density at radius 3 is 2.95 bits per heavy atom. The van der Waals surface area contributed by atoms with Crippen LogP contribution in [0.1, 0.15) is 30.1 Å². The summed E-state index contributed by atoms with van der Waals surface area (Å²) in [7, 11) is 0. The van der Waals surface area contributed by atoms with E-state index in [0.29, 0.717) is 6.54 Å². The number of hydrogen-bond acceptors (Lipinski definition) is 2. The largest absolute Gasteiger partial charge is 0.336 e. The van der Waals surface area contributed by atoms with Crippen molar-refractivity contribution in [3.8, 4) is 0 Å². The smallest absolute Gasteiger partial charge is 0.257 e. The highest BCUT2D eigenvalue weighted by Gasteiger charge is 2.42. The fourth-order valence-electron chi connectivity index (χ4n) is 3.16. The molecule has 21 heavy (non-hydrogen) atoms. The summed E-state index contributed by atoms with van der Waals surface area (Å²) < 4.78 is 14.0. The fraction of sp³-hybridized carbons (Fsp3) is 0.467. The number of piperazine rings is 1. The van der Waals surface area contributed by atoms with Gasteiger partial charge in [0.2, 0.25) is 5.91 Å². The van der Waals surface area contributed by atoms with Crippen molar-refractivity contribution >= 4 is 23.4 Å². The van der Waals surface area contributed by atoms with Crippen LogP contribution in [-0.2, 0) is 4.79 Å². The number of hydrogen-bond donors (Lipinski definition) is 0. The van der Waals surface area contributed by atoms with Gasteiger partial charge < -0.3 is 9.80 Å². The Labute approximate surface area is 127 Å². The van der Waals surface area contributed by atoms with E-state index in [1.165, 1.54) is 23.1 Å². The van der Waals surface area contributed by atoms with Crippen LogP contribution >= 0.6 is 11.6 Å². The Hall–Kier alpha value is -1.62. The molecule has 2 aliphatic rings. The average molecular weight is 311 g/mol. The van der Waals surface area contributed by atoms with Crippen molar-refractivity contribution in [3.63, 3.8) is 0 Å². The van der Waals surface area contributed by atoms with Gasteiger partial charge in [-0.15, -0.1) is 0 Å². The molecule has 112 valence electrons. The molecule has 3 rings (SSSR count). The van der Waals surface area contributed by atoms with Crippen molar-refractivity contribution in [1.29, 1.82) is 0 Å². The molecule has 2 aliphatic heterocycles. The van der Waals surface area contributed by atoms with Gasteiger partial charge in [0, 0.05) is 19.1 Å². The topological polar surface area (TPSA) is 40.6 Å². The lowest BCUT2D eigenvalue weighted by Gasteiger charge is -2.41. The molecule has 1 aromatic carbocycles. The van der Waals surface area contributed by atoms with Crippen LogP contribution in [-0.4, -0.2) is 46.8 Å². The minimum atomic E-state index is -0.724. The summed E-state index contributed by atoms with van der Waals surface area (Å²) in [5.74, 6) is -1.25. The van der Waals surface area contributed by atoms with Gasteiger partial charge in [-0.05, 0) is 31.9 Å². The van der Waals surface area contributed by atoms with Gasteiger partial charge in [-0.1, -0.05) is 17.7 Å². The lowest BCUT2D eigenvalue weighted by atomic mass is 10.0. The Balaban J connectivity index is 1.90. The van der Waals surface area contributed by atoms with Crippen molar-refractivity contribution in [2.45, 2.75) is 31.8 Å². The number of halogens is 2. The highest BCUT2D eigenvalue weighted by atomic mass is 35.5. The molecular formula is C15H16ClFN2O2. The predicted octanol–water partition coefficient (Wildman–Crippen LogP) is 2.31. The van der Waals surface area contributed by atoms with Crippen molar-refractivity contribution in [2.75, 3.05) is 13.1 Å². The van der Waals surface area contributed by atoms with E-state index in [9.17, 15) is 14.0 Å². The quantitative estimate of drug-likeness (QED) is 0.798. The maximum absolute atomic E-state index is 14.0. The van der Waals surface area contributed by atoms with Crippen LogP contribution in [0.15, 0.2) is 18.2 Å². The van der Waals surface area contributed by atoms with E-state index >= 15 is 0 Å². The number of nitrogens with zero attached hydrogens (tertiary/aromatic N) is 2. The second-order valence-electron chi connectivity index (χ2n) is 5.56. The van der Waals surface area contributed by atoms with Gasteiger partial charge in [0.1, 0.15) is 6.04 Å². The first kappa shape index (κ1) is 14.3. The van der Waals surface area contributed by atoms with E-state index < -0.39 is 17.8 Å². The molecule has 0 spiro atoms. The molecule has 6 heteroatoms. The van der Waals surface area contributed by atoms with E-state index in [1.807, 2.05) is 4.90 Å². The van der Waals surface area contributed by atoms with Crippen molar-refractivity contribution < 1.29 is 14.0 Å². The van der Waals surface area contributed by atoms with Gasteiger partial charge in [-0.25, -0.2) is 4.39 Å². The fourth-order valence-corrected chi connectivity index (χ4v) is 3.33. The maximum Gasteiger partial charge on any atom is 0.257 e. The SMILES string of the molecule is C[C@H]1C(=O)N2CCC[C@@H]2CN1C(=O)c1cccc(Cl)c1F. The summed E-state index contributed by atoms with van der Waals surface area (Å²) in [6.07, 6.45) is 1.84. The van der Waals surface area contributed by atoms with Crippen LogP contribution < -0.4 is 0 Å². The number of carbonyl (C=O) groups excluding carboxylic acids is 2. The molecule has 0 N–H and O–H groups in total. The summed E-state index contributed by atoms with van der Waals surface area (Å²) in [5.41, 5.74) is -0.0754. The minimum Gasteiger partial charge on any atom is -0.336 e. The molecule has 4 nitrogen and oxygen atoms in total. The first-order valence-corrected chi connectivity index (χ1v) is 7.44. The summed E-state index contributed by atoms with van der Waals surface area (Å²) in [4.78, 5) is 28.2. The van der Waals surface area contributed by atoms with Gasteiger partial charge in [0.15, 0.2) is 5.82 Å². The van der Waals surface area contributed by atoms with Gasteiger partial charge in [-0.3, -0.25) is 9.59 Å². The highest BCUT2D eigenvalue weighted by Crippen LogP contribution is 2.28. The maximum atomic E-state index is 14.0.